The van der Waals surface area contributed by atoms with Crippen molar-refractivity contribution in [1.29, 1.82) is 0 Å². The molecule has 0 amide bonds. The first-order chi connectivity index (χ1) is 9.15. The van der Waals surface area contributed by atoms with Gasteiger partial charge in [-0.1, -0.05) is 23.2 Å². The van der Waals surface area contributed by atoms with Crippen LogP contribution in [0.1, 0.15) is 5.56 Å². The van der Waals surface area contributed by atoms with E-state index in [1.165, 1.54) is 0 Å². The number of hydrogen-bond acceptors (Lipinski definition) is 2. The van der Waals surface area contributed by atoms with Gasteiger partial charge in [-0.15, -0.1) is 0 Å². The first kappa shape index (κ1) is 12.7. The van der Waals surface area contributed by atoms with Crippen LogP contribution < -0.4 is 0 Å². The zero-order valence-electron chi connectivity index (χ0n) is 9.73. The van der Waals surface area contributed by atoms with E-state index in [0.717, 1.165) is 16.6 Å². The van der Waals surface area contributed by atoms with E-state index in [1.54, 1.807) is 18.5 Å². The Morgan fingerprint density at radius 2 is 1.84 bits per heavy atom. The molecule has 2 heterocycles. The van der Waals surface area contributed by atoms with Crippen molar-refractivity contribution >= 4 is 46.5 Å². The fourth-order valence-corrected chi connectivity index (χ4v) is 2.57. The van der Waals surface area contributed by atoms with Gasteiger partial charge in [0.1, 0.15) is 0 Å². The lowest BCUT2D eigenvalue weighted by Gasteiger charge is -2.05. The van der Waals surface area contributed by atoms with Crippen molar-refractivity contribution in [2.24, 2.45) is 0 Å². The second-order valence-electron chi connectivity index (χ2n) is 4.16. The van der Waals surface area contributed by atoms with Gasteiger partial charge in [0.2, 0.25) is 0 Å². The molecule has 3 rings (SSSR count). The molecule has 0 atom stereocenters. The fraction of sp³-hybridized carbons (Fsp3) is 0.0769. The Bertz CT molecular complexity index is 793. The number of hydrogen-bond donors (Lipinski definition) is 1. The Morgan fingerprint density at radius 1 is 1.16 bits per heavy atom. The molecule has 3 aromatic rings. The second-order valence-corrected chi connectivity index (χ2v) is 5.36. The van der Waals surface area contributed by atoms with Gasteiger partial charge in [-0.3, -0.25) is 4.98 Å². The summed E-state index contributed by atoms with van der Waals surface area (Å²) in [5.74, 6) is 0. The smallest absolute Gasteiger partial charge is 0.178 e. The third-order valence-corrected chi connectivity index (χ3v) is 3.95. The molecule has 0 bridgehead atoms. The number of nitrogens with zero attached hydrogens (tertiary/aromatic N) is 2. The van der Waals surface area contributed by atoms with Crippen LogP contribution in [0.2, 0.25) is 10.0 Å². The molecule has 96 valence electrons. The third-order valence-electron chi connectivity index (χ3n) is 2.91. The lowest BCUT2D eigenvalue weighted by molar-refractivity contribution is 0.809. The van der Waals surface area contributed by atoms with Gasteiger partial charge in [0.25, 0.3) is 0 Å². The molecule has 0 spiro atoms. The van der Waals surface area contributed by atoms with Crippen LogP contribution in [0, 0.1) is 4.77 Å². The van der Waals surface area contributed by atoms with Crippen molar-refractivity contribution in [2.75, 3.05) is 0 Å². The largest absolute Gasteiger partial charge is 0.331 e. The van der Waals surface area contributed by atoms with Gasteiger partial charge in [-0.2, -0.15) is 0 Å². The number of rotatable bonds is 2. The maximum absolute atomic E-state index is 6.07. The van der Waals surface area contributed by atoms with Gasteiger partial charge in [0.15, 0.2) is 4.77 Å². The summed E-state index contributed by atoms with van der Waals surface area (Å²) in [6.45, 7) is 0.666. The van der Waals surface area contributed by atoms with Gasteiger partial charge < -0.3 is 9.55 Å². The molecule has 1 aromatic carbocycles. The standard InChI is InChI=1S/C13H9Cl2N3S/c14-9-5-11-12(6-10(9)15)18(13(19)17-11)7-8-1-3-16-4-2-8/h1-6H,7H2,(H,17,19). The molecule has 0 fully saturated rings. The Kier molecular flexibility index (Phi) is 3.31. The van der Waals surface area contributed by atoms with Gasteiger partial charge >= 0.3 is 0 Å². The summed E-state index contributed by atoms with van der Waals surface area (Å²) in [4.78, 5) is 7.14. The van der Waals surface area contributed by atoms with Crippen molar-refractivity contribution in [3.8, 4) is 0 Å². The molecule has 0 unspecified atom stereocenters. The van der Waals surface area contributed by atoms with E-state index in [9.17, 15) is 0 Å². The predicted molar refractivity (Wildman–Crippen MR) is 80.5 cm³/mol. The normalized spacial score (nSPS) is 11.1. The molecule has 6 heteroatoms. The molecule has 0 radical (unpaired) electrons. The number of H-pyrrole nitrogens is 1. The SMILES string of the molecule is S=c1[nH]c2cc(Cl)c(Cl)cc2n1Cc1ccncc1. The molecule has 1 N–H and O–H groups in total. The van der Waals surface area contributed by atoms with E-state index < -0.39 is 0 Å². The van der Waals surface area contributed by atoms with Crippen molar-refractivity contribution in [1.82, 2.24) is 14.5 Å². The van der Waals surface area contributed by atoms with E-state index in [4.69, 9.17) is 35.4 Å². The van der Waals surface area contributed by atoms with E-state index in [-0.39, 0.29) is 0 Å². The number of fused-ring (bicyclic) bond motifs is 1. The maximum Gasteiger partial charge on any atom is 0.178 e. The summed E-state index contributed by atoms with van der Waals surface area (Å²) in [7, 11) is 0. The van der Waals surface area contributed by atoms with Gasteiger partial charge in [-0.25, -0.2) is 0 Å². The van der Waals surface area contributed by atoms with Crippen LogP contribution in [0.25, 0.3) is 11.0 Å². The van der Waals surface area contributed by atoms with Crippen LogP contribution in [0.15, 0.2) is 36.7 Å². The van der Waals surface area contributed by atoms with Gasteiger partial charge in [0.05, 0.1) is 27.6 Å². The highest BCUT2D eigenvalue weighted by Crippen LogP contribution is 2.28. The topological polar surface area (TPSA) is 33.6 Å². The highest BCUT2D eigenvalue weighted by Gasteiger charge is 2.08. The minimum atomic E-state index is 0.515. The number of imidazole rings is 1. The Labute approximate surface area is 124 Å². The van der Waals surface area contributed by atoms with Crippen LogP contribution in [0.5, 0.6) is 0 Å². The molecular weight excluding hydrogens is 301 g/mol. The predicted octanol–water partition coefficient (Wildman–Crippen LogP) is 4.45. The van der Waals surface area contributed by atoms with Gasteiger partial charge in [-0.05, 0) is 42.0 Å². The quantitative estimate of drug-likeness (QED) is 0.710. The molecule has 3 nitrogen and oxygen atoms in total. The van der Waals surface area contributed by atoms with Crippen molar-refractivity contribution in [3.63, 3.8) is 0 Å². The molecule has 0 aliphatic rings. The van der Waals surface area contributed by atoms with Crippen LogP contribution in [-0.4, -0.2) is 14.5 Å². The van der Waals surface area contributed by atoms with E-state index >= 15 is 0 Å². The fourth-order valence-electron chi connectivity index (χ4n) is 1.98. The highest BCUT2D eigenvalue weighted by molar-refractivity contribution is 7.71. The van der Waals surface area contributed by atoms with Crippen LogP contribution in [0.4, 0.5) is 0 Å². The second kappa shape index (κ2) is 4.96. The molecule has 2 aromatic heterocycles. The van der Waals surface area contributed by atoms with Crippen molar-refractivity contribution in [3.05, 3.63) is 57.0 Å². The first-order valence-corrected chi connectivity index (χ1v) is 6.78. The third kappa shape index (κ3) is 2.39. The Morgan fingerprint density at radius 3 is 2.58 bits per heavy atom. The number of aromatic amines is 1. The average molecular weight is 310 g/mol. The lowest BCUT2D eigenvalue weighted by atomic mass is 10.2. The number of pyridine rings is 1. The minimum absolute atomic E-state index is 0.515. The van der Waals surface area contributed by atoms with Crippen LogP contribution in [0.3, 0.4) is 0 Å². The summed E-state index contributed by atoms with van der Waals surface area (Å²) in [6, 6.07) is 7.53. The Balaban J connectivity index is 2.16. The van der Waals surface area contributed by atoms with Crippen molar-refractivity contribution in [2.45, 2.75) is 6.54 Å². The summed E-state index contributed by atoms with van der Waals surface area (Å²) >= 11 is 17.4. The average Bonchev–Trinajstić information content (AvgIpc) is 2.68. The lowest BCUT2D eigenvalue weighted by Crippen LogP contribution is -1.99. The van der Waals surface area contributed by atoms with Crippen molar-refractivity contribution < 1.29 is 0 Å². The summed E-state index contributed by atoms with van der Waals surface area (Å²) in [5, 5.41) is 1.04. The van der Waals surface area contributed by atoms with E-state index in [2.05, 4.69) is 9.97 Å². The zero-order valence-corrected chi connectivity index (χ0v) is 12.1. The number of aromatic nitrogens is 3. The monoisotopic (exact) mass is 309 g/mol. The Hall–Kier alpha value is -1.36. The molecule has 0 saturated heterocycles. The van der Waals surface area contributed by atoms with Crippen LogP contribution in [-0.2, 0) is 6.54 Å². The van der Waals surface area contributed by atoms with Gasteiger partial charge in [0, 0.05) is 12.4 Å². The highest BCUT2D eigenvalue weighted by atomic mass is 35.5. The molecule has 19 heavy (non-hydrogen) atoms. The number of halogens is 2. The minimum Gasteiger partial charge on any atom is -0.331 e. The zero-order chi connectivity index (χ0) is 13.4. The molecular formula is C13H9Cl2N3S. The summed E-state index contributed by atoms with van der Waals surface area (Å²) in [6.07, 6.45) is 3.52. The number of nitrogens with one attached hydrogen (secondary N) is 1. The molecule has 0 saturated carbocycles. The summed E-state index contributed by atoms with van der Waals surface area (Å²) in [5.41, 5.74) is 2.95. The first-order valence-electron chi connectivity index (χ1n) is 5.61. The molecule has 0 aliphatic carbocycles. The van der Waals surface area contributed by atoms with Crippen LogP contribution >= 0.6 is 35.4 Å². The number of benzene rings is 1. The maximum atomic E-state index is 6.07. The van der Waals surface area contributed by atoms with E-state index in [1.807, 2.05) is 22.8 Å². The summed E-state index contributed by atoms with van der Waals surface area (Å²) < 4.78 is 2.63. The van der Waals surface area contributed by atoms with E-state index in [0.29, 0.717) is 21.4 Å². The molecule has 0 aliphatic heterocycles.